The Morgan fingerprint density at radius 3 is 2.04 bits per heavy atom. The molecule has 2 aromatic heterocycles. The fourth-order valence-electron chi connectivity index (χ4n) is 8.84. The van der Waals surface area contributed by atoms with Gasteiger partial charge in [-0.3, -0.25) is 0 Å². The van der Waals surface area contributed by atoms with E-state index >= 15 is 0 Å². The number of hydrogen-bond acceptors (Lipinski definition) is 2. The van der Waals surface area contributed by atoms with Crippen LogP contribution in [0.4, 0.5) is 17.1 Å². The molecule has 0 fully saturated rings. The molecular weight excluding hydrogens is 633 g/mol. The van der Waals surface area contributed by atoms with Gasteiger partial charge in [0.05, 0.1) is 27.8 Å². The third kappa shape index (κ3) is 4.02. The number of furan rings is 1. The Morgan fingerprint density at radius 2 is 1.19 bits per heavy atom. The molecule has 11 rings (SSSR count). The molecule has 10 aromatic rings. The van der Waals surface area contributed by atoms with Gasteiger partial charge in [0, 0.05) is 38.3 Å². The van der Waals surface area contributed by atoms with Crippen LogP contribution in [0.3, 0.4) is 0 Å². The van der Waals surface area contributed by atoms with Crippen molar-refractivity contribution < 1.29 is 4.42 Å². The van der Waals surface area contributed by atoms with Gasteiger partial charge < -0.3 is 13.9 Å². The van der Waals surface area contributed by atoms with E-state index in [0.29, 0.717) is 0 Å². The Hall–Kier alpha value is -6.58. The molecular formula is C49H34N2O. The quantitative estimate of drug-likeness (QED) is 0.186. The highest BCUT2D eigenvalue weighted by Crippen LogP contribution is 2.51. The van der Waals surface area contributed by atoms with Crippen molar-refractivity contribution in [1.29, 1.82) is 0 Å². The second-order valence-electron chi connectivity index (χ2n) is 14.5. The fourth-order valence-corrected chi connectivity index (χ4v) is 8.84. The minimum atomic E-state index is -0.221. The van der Waals surface area contributed by atoms with Crippen LogP contribution < -0.4 is 4.90 Å². The van der Waals surface area contributed by atoms with Crippen LogP contribution in [0.5, 0.6) is 0 Å². The number of fused-ring (bicyclic) bond motifs is 10. The molecule has 0 bridgehead atoms. The van der Waals surface area contributed by atoms with Crippen LogP contribution in [0.1, 0.15) is 25.0 Å². The molecule has 0 saturated heterocycles. The first kappa shape index (κ1) is 29.2. The maximum atomic E-state index is 6.66. The summed E-state index contributed by atoms with van der Waals surface area (Å²) in [6.07, 6.45) is 0. The summed E-state index contributed by atoms with van der Waals surface area (Å²) >= 11 is 0. The molecule has 3 nitrogen and oxygen atoms in total. The lowest BCUT2D eigenvalue weighted by molar-refractivity contribution is 0.630. The van der Waals surface area contributed by atoms with Crippen LogP contribution in [0.2, 0.25) is 0 Å². The second-order valence-corrected chi connectivity index (χ2v) is 14.5. The summed E-state index contributed by atoms with van der Waals surface area (Å²) in [5.74, 6) is 0. The Bertz CT molecular complexity index is 3030. The molecule has 246 valence electrons. The summed E-state index contributed by atoms with van der Waals surface area (Å²) in [5, 5.41) is 7.21. The third-order valence-electron chi connectivity index (χ3n) is 11.3. The van der Waals surface area contributed by atoms with Crippen molar-refractivity contribution in [2.45, 2.75) is 19.3 Å². The molecule has 0 N–H and O–H groups in total. The standard InChI is InChI=1S/C49H34N2O/c1-49(2)40-28-25-33(31-23-26-35(27-24-31)50(34-15-4-3-5-16-34)42-21-12-14-32-13-6-7-17-36(32)42)29-44(40)51-43-20-10-8-19-38(43)46-47(51)41(49)30-39-37-18-9-11-22-45(37)52-48(39)46/h3-30H,1-2H3. The van der Waals surface area contributed by atoms with Gasteiger partial charge in [-0.15, -0.1) is 0 Å². The zero-order chi connectivity index (χ0) is 34.6. The number of hydrogen-bond donors (Lipinski definition) is 0. The molecule has 1 aliphatic heterocycles. The molecule has 3 heteroatoms. The van der Waals surface area contributed by atoms with E-state index in [1.165, 1.54) is 71.3 Å². The lowest BCUT2D eigenvalue weighted by atomic mass is 9.74. The van der Waals surface area contributed by atoms with E-state index in [0.717, 1.165) is 28.2 Å². The van der Waals surface area contributed by atoms with Gasteiger partial charge in [-0.25, -0.2) is 0 Å². The van der Waals surface area contributed by atoms with Crippen LogP contribution in [0, 0.1) is 0 Å². The van der Waals surface area contributed by atoms with Crippen molar-refractivity contribution >= 4 is 71.6 Å². The monoisotopic (exact) mass is 666 g/mol. The lowest BCUT2D eigenvalue weighted by Gasteiger charge is -2.35. The van der Waals surface area contributed by atoms with Crippen molar-refractivity contribution in [2.24, 2.45) is 0 Å². The minimum absolute atomic E-state index is 0.221. The summed E-state index contributed by atoms with van der Waals surface area (Å²) in [6.45, 7) is 4.74. The van der Waals surface area contributed by atoms with Gasteiger partial charge in [-0.1, -0.05) is 129 Å². The number of rotatable bonds is 4. The molecule has 8 aromatic carbocycles. The predicted molar refractivity (Wildman–Crippen MR) is 218 cm³/mol. The molecule has 1 aliphatic rings. The SMILES string of the molecule is CC1(C)c2ccc(-c3ccc(N(c4ccccc4)c4cccc5ccccc45)cc3)cc2-n2c3ccccc3c3c4oc5ccccc5c4cc1c32. The van der Waals surface area contributed by atoms with Crippen molar-refractivity contribution in [3.8, 4) is 16.8 Å². The lowest BCUT2D eigenvalue weighted by Crippen LogP contribution is -2.26. The molecule has 0 unspecified atom stereocenters. The fraction of sp³-hybridized carbons (Fsp3) is 0.0612. The molecule has 52 heavy (non-hydrogen) atoms. The summed E-state index contributed by atoms with van der Waals surface area (Å²) < 4.78 is 9.15. The van der Waals surface area contributed by atoms with Gasteiger partial charge in [0.25, 0.3) is 0 Å². The zero-order valence-corrected chi connectivity index (χ0v) is 29.0. The van der Waals surface area contributed by atoms with Crippen LogP contribution in [0.15, 0.2) is 174 Å². The van der Waals surface area contributed by atoms with Crippen molar-refractivity contribution in [3.05, 3.63) is 181 Å². The topological polar surface area (TPSA) is 21.3 Å². The Morgan fingerprint density at radius 1 is 0.519 bits per heavy atom. The molecule has 0 atom stereocenters. The largest absolute Gasteiger partial charge is 0.455 e. The van der Waals surface area contributed by atoms with Crippen LogP contribution in [-0.2, 0) is 5.41 Å². The third-order valence-corrected chi connectivity index (χ3v) is 11.3. The number of nitrogens with zero attached hydrogens (tertiary/aromatic N) is 2. The highest BCUT2D eigenvalue weighted by Gasteiger charge is 2.37. The van der Waals surface area contributed by atoms with Crippen LogP contribution in [0.25, 0.3) is 71.3 Å². The normalized spacial score (nSPS) is 13.3. The van der Waals surface area contributed by atoms with E-state index in [2.05, 4.69) is 193 Å². The van der Waals surface area contributed by atoms with Gasteiger partial charge in [-0.05, 0) is 82.2 Å². The van der Waals surface area contributed by atoms with E-state index in [4.69, 9.17) is 4.42 Å². The average Bonchev–Trinajstić information content (AvgIpc) is 3.74. The van der Waals surface area contributed by atoms with Gasteiger partial charge in [-0.2, -0.15) is 0 Å². The highest BCUT2D eigenvalue weighted by atomic mass is 16.3. The number of anilines is 3. The van der Waals surface area contributed by atoms with Crippen LogP contribution in [-0.4, -0.2) is 4.57 Å². The van der Waals surface area contributed by atoms with Crippen molar-refractivity contribution in [1.82, 2.24) is 4.57 Å². The predicted octanol–water partition coefficient (Wildman–Crippen LogP) is 13.6. The molecule has 0 aliphatic carbocycles. The molecule has 3 heterocycles. The number of para-hydroxylation sites is 3. The zero-order valence-electron chi connectivity index (χ0n) is 29.0. The first-order chi connectivity index (χ1) is 25.6. The van der Waals surface area contributed by atoms with E-state index < -0.39 is 0 Å². The van der Waals surface area contributed by atoms with Gasteiger partial charge in [0.15, 0.2) is 0 Å². The van der Waals surface area contributed by atoms with E-state index in [1.807, 2.05) is 0 Å². The van der Waals surface area contributed by atoms with E-state index in [9.17, 15) is 0 Å². The number of benzene rings is 8. The van der Waals surface area contributed by atoms with Gasteiger partial charge in [0.2, 0.25) is 0 Å². The minimum Gasteiger partial charge on any atom is -0.455 e. The Kier molecular flexibility index (Phi) is 6.01. The maximum absolute atomic E-state index is 6.66. The Labute approximate surface area is 301 Å². The smallest absolute Gasteiger partial charge is 0.145 e. The average molecular weight is 667 g/mol. The first-order valence-electron chi connectivity index (χ1n) is 18.0. The first-order valence-corrected chi connectivity index (χ1v) is 18.0. The summed E-state index contributed by atoms with van der Waals surface area (Å²) in [6, 6.07) is 61.5. The van der Waals surface area contributed by atoms with E-state index in [1.54, 1.807) is 0 Å². The van der Waals surface area contributed by atoms with Crippen LogP contribution >= 0.6 is 0 Å². The van der Waals surface area contributed by atoms with Gasteiger partial charge in [0.1, 0.15) is 11.2 Å². The molecule has 0 saturated carbocycles. The summed E-state index contributed by atoms with van der Waals surface area (Å²) in [4.78, 5) is 2.36. The molecule has 0 radical (unpaired) electrons. The second kappa shape index (κ2) is 10.7. The highest BCUT2D eigenvalue weighted by molar-refractivity contribution is 6.25. The van der Waals surface area contributed by atoms with Crippen molar-refractivity contribution in [2.75, 3.05) is 4.90 Å². The van der Waals surface area contributed by atoms with Crippen molar-refractivity contribution in [3.63, 3.8) is 0 Å². The number of aromatic nitrogens is 1. The Balaban J connectivity index is 1.09. The molecule has 0 spiro atoms. The molecule has 0 amide bonds. The summed E-state index contributed by atoms with van der Waals surface area (Å²) in [5.41, 5.74) is 13.8. The van der Waals surface area contributed by atoms with E-state index in [-0.39, 0.29) is 5.41 Å². The summed E-state index contributed by atoms with van der Waals surface area (Å²) in [7, 11) is 0. The van der Waals surface area contributed by atoms with Gasteiger partial charge >= 0.3 is 0 Å². The maximum Gasteiger partial charge on any atom is 0.145 e.